The van der Waals surface area contributed by atoms with E-state index in [1.807, 2.05) is 13.8 Å². The first-order valence-corrected chi connectivity index (χ1v) is 7.44. The van der Waals surface area contributed by atoms with Gasteiger partial charge in [0.25, 0.3) is 5.91 Å². The molecule has 1 aromatic carbocycles. The van der Waals surface area contributed by atoms with Crippen molar-refractivity contribution in [2.45, 2.75) is 26.8 Å². The van der Waals surface area contributed by atoms with Crippen molar-refractivity contribution in [1.82, 2.24) is 10.2 Å². The molecule has 0 atom stereocenters. The van der Waals surface area contributed by atoms with E-state index in [2.05, 4.69) is 17.2 Å². The zero-order valence-electron chi connectivity index (χ0n) is 13.8. The van der Waals surface area contributed by atoms with E-state index >= 15 is 0 Å². The molecule has 1 rings (SSSR count). The second kappa shape index (κ2) is 8.73. The van der Waals surface area contributed by atoms with Crippen molar-refractivity contribution in [2.24, 2.45) is 0 Å². The molecule has 6 heteroatoms. The molecule has 0 radical (unpaired) electrons. The van der Waals surface area contributed by atoms with Crippen LogP contribution in [-0.4, -0.2) is 41.8 Å². The van der Waals surface area contributed by atoms with Crippen LogP contribution in [0.25, 0.3) is 0 Å². The summed E-state index contributed by atoms with van der Waals surface area (Å²) in [5.41, 5.74) is 1.01. The van der Waals surface area contributed by atoms with E-state index < -0.39 is 0 Å². The van der Waals surface area contributed by atoms with Gasteiger partial charge in [-0.3, -0.25) is 14.4 Å². The van der Waals surface area contributed by atoms with Crippen LogP contribution in [0.2, 0.25) is 0 Å². The Kier molecular flexibility index (Phi) is 6.99. The predicted molar refractivity (Wildman–Crippen MR) is 90.1 cm³/mol. The van der Waals surface area contributed by atoms with Gasteiger partial charge in [-0.25, -0.2) is 0 Å². The minimum absolute atomic E-state index is 0.0114. The zero-order valence-corrected chi connectivity index (χ0v) is 13.8. The fourth-order valence-electron chi connectivity index (χ4n) is 2.04. The van der Waals surface area contributed by atoms with E-state index in [0.29, 0.717) is 24.3 Å². The molecular formula is C17H23N3O3. The Morgan fingerprint density at radius 3 is 2.57 bits per heavy atom. The van der Waals surface area contributed by atoms with Crippen LogP contribution in [-0.2, 0) is 9.59 Å². The quantitative estimate of drug-likeness (QED) is 0.753. The van der Waals surface area contributed by atoms with Gasteiger partial charge < -0.3 is 15.5 Å². The van der Waals surface area contributed by atoms with Crippen LogP contribution >= 0.6 is 0 Å². The third-order valence-corrected chi connectivity index (χ3v) is 3.17. The lowest BCUT2D eigenvalue weighted by molar-refractivity contribution is -0.119. The second-order valence-electron chi connectivity index (χ2n) is 5.35. The molecule has 0 fully saturated rings. The van der Waals surface area contributed by atoms with Crippen LogP contribution in [0.5, 0.6) is 0 Å². The Labute approximate surface area is 136 Å². The summed E-state index contributed by atoms with van der Waals surface area (Å²) in [6.45, 7) is 9.46. The predicted octanol–water partition coefficient (Wildman–Crippen LogP) is 1.80. The molecule has 124 valence electrons. The Balaban J connectivity index is 2.86. The number of hydrogen-bond acceptors (Lipinski definition) is 3. The van der Waals surface area contributed by atoms with Gasteiger partial charge in [-0.1, -0.05) is 12.6 Å². The lowest BCUT2D eigenvalue weighted by atomic mass is 10.1. The van der Waals surface area contributed by atoms with E-state index in [1.54, 1.807) is 29.2 Å². The number of carbonyl (C=O) groups is 3. The number of anilines is 1. The lowest BCUT2D eigenvalue weighted by Crippen LogP contribution is -2.42. The van der Waals surface area contributed by atoms with Gasteiger partial charge in [-0.15, -0.1) is 0 Å². The topological polar surface area (TPSA) is 78.5 Å². The van der Waals surface area contributed by atoms with Crippen LogP contribution in [0.15, 0.2) is 36.9 Å². The molecule has 0 aliphatic carbocycles. The van der Waals surface area contributed by atoms with E-state index in [-0.39, 0.29) is 23.8 Å². The summed E-state index contributed by atoms with van der Waals surface area (Å²) in [6.07, 6.45) is 1.17. The minimum atomic E-state index is -0.332. The monoisotopic (exact) mass is 317 g/mol. The largest absolute Gasteiger partial charge is 0.355 e. The molecule has 0 aliphatic heterocycles. The highest BCUT2D eigenvalue weighted by molar-refractivity contribution is 6.00. The maximum atomic E-state index is 12.6. The fourth-order valence-corrected chi connectivity index (χ4v) is 2.04. The van der Waals surface area contributed by atoms with Crippen LogP contribution in [0.4, 0.5) is 5.69 Å². The number of rotatable bonds is 7. The van der Waals surface area contributed by atoms with E-state index in [4.69, 9.17) is 0 Å². The van der Waals surface area contributed by atoms with Crippen LogP contribution in [0.3, 0.4) is 0 Å². The van der Waals surface area contributed by atoms with Gasteiger partial charge in [0.05, 0.1) is 0 Å². The molecule has 6 nitrogen and oxygen atoms in total. The van der Waals surface area contributed by atoms with E-state index in [9.17, 15) is 14.4 Å². The molecule has 0 spiro atoms. The van der Waals surface area contributed by atoms with Gasteiger partial charge in [0, 0.05) is 37.3 Å². The Bertz CT molecular complexity index is 597. The first-order chi connectivity index (χ1) is 10.8. The third kappa shape index (κ3) is 5.94. The van der Waals surface area contributed by atoms with Crippen LogP contribution in [0, 0.1) is 0 Å². The molecule has 0 aliphatic rings. The van der Waals surface area contributed by atoms with E-state index in [1.165, 1.54) is 13.0 Å². The molecule has 0 unspecified atom stereocenters. The van der Waals surface area contributed by atoms with Gasteiger partial charge in [0.15, 0.2) is 0 Å². The Morgan fingerprint density at radius 1 is 1.30 bits per heavy atom. The van der Waals surface area contributed by atoms with Gasteiger partial charge in [-0.05, 0) is 38.1 Å². The summed E-state index contributed by atoms with van der Waals surface area (Å²) in [7, 11) is 0. The molecule has 1 aromatic rings. The van der Waals surface area contributed by atoms with Crippen molar-refractivity contribution in [3.05, 3.63) is 42.5 Å². The first-order valence-electron chi connectivity index (χ1n) is 7.44. The summed E-state index contributed by atoms with van der Waals surface area (Å²) < 4.78 is 0. The third-order valence-electron chi connectivity index (χ3n) is 3.17. The summed E-state index contributed by atoms with van der Waals surface area (Å²) in [5.74, 6) is -0.615. The van der Waals surface area contributed by atoms with Crippen molar-refractivity contribution < 1.29 is 14.4 Å². The van der Waals surface area contributed by atoms with Crippen molar-refractivity contribution in [2.75, 3.05) is 18.4 Å². The maximum absolute atomic E-state index is 12.6. The summed E-state index contributed by atoms with van der Waals surface area (Å²) >= 11 is 0. The number of nitrogens with one attached hydrogen (secondary N) is 2. The molecule has 0 saturated heterocycles. The Hall–Kier alpha value is -2.63. The fraction of sp³-hybridized carbons (Fsp3) is 0.353. The van der Waals surface area contributed by atoms with E-state index in [0.717, 1.165) is 0 Å². The van der Waals surface area contributed by atoms with Crippen molar-refractivity contribution in [3.8, 4) is 0 Å². The van der Waals surface area contributed by atoms with Gasteiger partial charge >= 0.3 is 0 Å². The van der Waals surface area contributed by atoms with Crippen molar-refractivity contribution in [1.29, 1.82) is 0 Å². The number of amides is 3. The molecule has 2 N–H and O–H groups in total. The minimum Gasteiger partial charge on any atom is -0.355 e. The number of benzene rings is 1. The average Bonchev–Trinajstić information content (AvgIpc) is 2.50. The summed E-state index contributed by atoms with van der Waals surface area (Å²) in [5, 5.41) is 5.31. The highest BCUT2D eigenvalue weighted by atomic mass is 16.2. The number of carbonyl (C=O) groups excluding carboxylic acids is 3. The smallest absolute Gasteiger partial charge is 0.254 e. The second-order valence-corrected chi connectivity index (χ2v) is 5.35. The lowest BCUT2D eigenvalue weighted by Gasteiger charge is -2.27. The molecule has 0 heterocycles. The summed E-state index contributed by atoms with van der Waals surface area (Å²) in [6, 6.07) is 6.72. The maximum Gasteiger partial charge on any atom is 0.254 e. The van der Waals surface area contributed by atoms with Crippen LogP contribution in [0.1, 0.15) is 31.1 Å². The standard InChI is InChI=1S/C17H23N3O3/c1-5-16(22)19-15-8-6-7-14(11-15)17(23)20(12(2)3)10-9-18-13(4)21/h5-8,11-12H,1,9-10H2,2-4H3,(H,18,21)(H,19,22). The molecule has 0 aromatic heterocycles. The molecule has 23 heavy (non-hydrogen) atoms. The van der Waals surface area contributed by atoms with Gasteiger partial charge in [0.2, 0.25) is 11.8 Å². The normalized spacial score (nSPS) is 10.1. The van der Waals surface area contributed by atoms with Crippen LogP contribution < -0.4 is 10.6 Å². The van der Waals surface area contributed by atoms with Gasteiger partial charge in [0.1, 0.15) is 0 Å². The molecule has 3 amide bonds. The molecule has 0 saturated carbocycles. The highest BCUT2D eigenvalue weighted by Gasteiger charge is 2.18. The van der Waals surface area contributed by atoms with Crippen molar-refractivity contribution in [3.63, 3.8) is 0 Å². The van der Waals surface area contributed by atoms with Gasteiger partial charge in [-0.2, -0.15) is 0 Å². The Morgan fingerprint density at radius 2 is 2.00 bits per heavy atom. The first kappa shape index (κ1) is 18.4. The number of hydrogen-bond donors (Lipinski definition) is 2. The molecular weight excluding hydrogens is 294 g/mol. The zero-order chi connectivity index (χ0) is 17.4. The SMILES string of the molecule is C=CC(=O)Nc1cccc(C(=O)N(CCNC(C)=O)C(C)C)c1. The molecule has 0 bridgehead atoms. The average molecular weight is 317 g/mol. The van der Waals surface area contributed by atoms with Crippen molar-refractivity contribution >= 4 is 23.4 Å². The highest BCUT2D eigenvalue weighted by Crippen LogP contribution is 2.14. The number of nitrogens with zero attached hydrogens (tertiary/aromatic N) is 1. The summed E-state index contributed by atoms with van der Waals surface area (Å²) in [4.78, 5) is 36.6.